The molecule has 0 aliphatic heterocycles. The summed E-state index contributed by atoms with van der Waals surface area (Å²) in [6.45, 7) is 2.60. The zero-order valence-electron chi connectivity index (χ0n) is 17.2. The molecule has 7 nitrogen and oxygen atoms in total. The van der Waals surface area contributed by atoms with E-state index >= 15 is 0 Å². The molecule has 0 unspecified atom stereocenters. The Balaban J connectivity index is 2.07. The lowest BCUT2D eigenvalue weighted by molar-refractivity contribution is 0.280. The fourth-order valence-corrected chi connectivity index (χ4v) is 3.68. The van der Waals surface area contributed by atoms with Gasteiger partial charge in [0.25, 0.3) is 0 Å². The number of nitriles is 1. The summed E-state index contributed by atoms with van der Waals surface area (Å²) in [5, 5.41) is 20.1. The summed E-state index contributed by atoms with van der Waals surface area (Å²) in [5.41, 5.74) is 12.0. The van der Waals surface area contributed by atoms with E-state index in [1.54, 1.807) is 24.5 Å². The fourth-order valence-electron chi connectivity index (χ4n) is 3.68. The number of rotatable bonds is 6. The first kappa shape index (κ1) is 20.3. The number of aliphatic hydroxyl groups is 1. The second-order valence-corrected chi connectivity index (χ2v) is 7.22. The van der Waals surface area contributed by atoms with Crippen LogP contribution in [-0.2, 0) is 6.54 Å². The van der Waals surface area contributed by atoms with E-state index in [0.29, 0.717) is 30.0 Å². The van der Waals surface area contributed by atoms with Crippen LogP contribution >= 0.6 is 0 Å². The molecule has 0 bridgehead atoms. The Morgan fingerprint density at radius 2 is 1.90 bits per heavy atom. The molecule has 0 saturated carbocycles. The lowest BCUT2D eigenvalue weighted by atomic mass is 9.99. The molecule has 0 spiro atoms. The Hall–Kier alpha value is -4.02. The molecular weight excluding hydrogens is 388 g/mol. The number of nitrogens with two attached hydrogens (primary N) is 1. The molecule has 4 aromatic rings. The van der Waals surface area contributed by atoms with Gasteiger partial charge in [-0.3, -0.25) is 4.98 Å². The quantitative estimate of drug-likeness (QED) is 0.467. The SMILES string of the molecule is Cc1ccc(-c2c(/C=C(/C#N)c3ccncc3)n(CCCO)c3ncnc(N)c23)cc1. The predicted molar refractivity (Wildman–Crippen MR) is 122 cm³/mol. The number of nitrogen functional groups attached to an aromatic ring is 1. The van der Waals surface area contributed by atoms with Crippen molar-refractivity contribution < 1.29 is 5.11 Å². The van der Waals surface area contributed by atoms with E-state index in [-0.39, 0.29) is 6.61 Å². The lowest BCUT2D eigenvalue weighted by Gasteiger charge is -2.10. The van der Waals surface area contributed by atoms with Crippen molar-refractivity contribution in [3.63, 3.8) is 0 Å². The molecule has 0 radical (unpaired) electrons. The van der Waals surface area contributed by atoms with Gasteiger partial charge in [0, 0.05) is 31.1 Å². The van der Waals surface area contributed by atoms with Crippen molar-refractivity contribution in [2.24, 2.45) is 0 Å². The van der Waals surface area contributed by atoms with Crippen molar-refractivity contribution in [1.29, 1.82) is 5.26 Å². The fraction of sp³-hybridized carbons (Fsp3) is 0.167. The number of aryl methyl sites for hydroxylation is 2. The normalized spacial score (nSPS) is 11.6. The van der Waals surface area contributed by atoms with Gasteiger partial charge in [-0.1, -0.05) is 29.8 Å². The van der Waals surface area contributed by atoms with Crippen LogP contribution in [-0.4, -0.2) is 31.2 Å². The van der Waals surface area contributed by atoms with Crippen LogP contribution in [0.1, 0.15) is 23.2 Å². The third kappa shape index (κ3) is 3.89. The first-order chi connectivity index (χ1) is 15.1. The number of nitrogens with zero attached hydrogens (tertiary/aromatic N) is 5. The average Bonchev–Trinajstić information content (AvgIpc) is 3.11. The number of hydrogen-bond acceptors (Lipinski definition) is 6. The van der Waals surface area contributed by atoms with Crippen molar-refractivity contribution in [2.45, 2.75) is 19.9 Å². The van der Waals surface area contributed by atoms with E-state index in [2.05, 4.69) is 21.0 Å². The average molecular weight is 410 g/mol. The van der Waals surface area contributed by atoms with Crippen molar-refractivity contribution in [3.05, 3.63) is 71.9 Å². The van der Waals surface area contributed by atoms with Crippen LogP contribution in [0.4, 0.5) is 5.82 Å². The lowest BCUT2D eigenvalue weighted by Crippen LogP contribution is -2.04. The second kappa shape index (κ2) is 8.78. The summed E-state index contributed by atoms with van der Waals surface area (Å²) >= 11 is 0. The molecule has 0 amide bonds. The van der Waals surface area contributed by atoms with Crippen LogP contribution in [0.3, 0.4) is 0 Å². The third-order valence-corrected chi connectivity index (χ3v) is 5.18. The number of aliphatic hydroxyl groups excluding tert-OH is 1. The summed E-state index contributed by atoms with van der Waals surface area (Å²) in [6.07, 6.45) is 7.15. The Kier molecular flexibility index (Phi) is 5.74. The minimum absolute atomic E-state index is 0.0404. The van der Waals surface area contributed by atoms with Gasteiger partial charge in [-0.15, -0.1) is 0 Å². The van der Waals surface area contributed by atoms with Crippen LogP contribution in [0.15, 0.2) is 55.1 Å². The molecule has 3 heterocycles. The monoisotopic (exact) mass is 410 g/mol. The summed E-state index contributed by atoms with van der Waals surface area (Å²) < 4.78 is 2.00. The van der Waals surface area contributed by atoms with Gasteiger partial charge in [0.2, 0.25) is 0 Å². The maximum absolute atomic E-state index is 9.89. The molecule has 0 saturated heterocycles. The predicted octanol–water partition coefficient (Wildman–Crippen LogP) is 3.83. The zero-order valence-corrected chi connectivity index (χ0v) is 17.2. The van der Waals surface area contributed by atoms with E-state index in [4.69, 9.17) is 5.73 Å². The number of anilines is 1. The topological polar surface area (TPSA) is 114 Å². The van der Waals surface area contributed by atoms with Crippen molar-refractivity contribution in [3.8, 4) is 17.2 Å². The molecule has 0 atom stereocenters. The van der Waals surface area contributed by atoms with Gasteiger partial charge >= 0.3 is 0 Å². The number of pyridine rings is 1. The highest BCUT2D eigenvalue weighted by molar-refractivity contribution is 6.06. The maximum Gasteiger partial charge on any atom is 0.146 e. The summed E-state index contributed by atoms with van der Waals surface area (Å²) in [5.74, 6) is 0.375. The molecule has 154 valence electrons. The van der Waals surface area contributed by atoms with Crippen molar-refractivity contribution in [1.82, 2.24) is 19.5 Å². The molecule has 3 aromatic heterocycles. The molecule has 4 rings (SSSR count). The Morgan fingerprint density at radius 3 is 2.58 bits per heavy atom. The van der Waals surface area contributed by atoms with Crippen LogP contribution in [0.5, 0.6) is 0 Å². The molecule has 0 fully saturated rings. The number of benzene rings is 1. The van der Waals surface area contributed by atoms with Crippen LogP contribution in [0.2, 0.25) is 0 Å². The standard InChI is InChI=1S/C24H22N6O/c1-16-3-5-18(6-4-16)21-20(13-19(14-25)17-7-9-27-10-8-17)30(11-2-12-31)24-22(21)23(26)28-15-29-24/h3-10,13,15,31H,2,11-12H2,1H3,(H2,26,28,29)/b19-13-. The van der Waals surface area contributed by atoms with Gasteiger partial charge in [0.1, 0.15) is 17.8 Å². The van der Waals surface area contributed by atoms with E-state index < -0.39 is 0 Å². The first-order valence-electron chi connectivity index (χ1n) is 9.96. The van der Waals surface area contributed by atoms with Gasteiger partial charge in [-0.2, -0.15) is 5.26 Å². The van der Waals surface area contributed by atoms with Crippen LogP contribution in [0, 0.1) is 18.3 Å². The van der Waals surface area contributed by atoms with Gasteiger partial charge in [0.15, 0.2) is 0 Å². The molecule has 31 heavy (non-hydrogen) atoms. The van der Waals surface area contributed by atoms with E-state index in [1.807, 2.05) is 41.8 Å². The minimum atomic E-state index is 0.0404. The first-order valence-corrected chi connectivity index (χ1v) is 9.96. The molecule has 7 heteroatoms. The van der Waals surface area contributed by atoms with Crippen molar-refractivity contribution >= 4 is 28.5 Å². The van der Waals surface area contributed by atoms with E-state index in [1.165, 1.54) is 6.33 Å². The molecule has 0 aliphatic carbocycles. The largest absolute Gasteiger partial charge is 0.396 e. The molecule has 1 aromatic carbocycles. The highest BCUT2D eigenvalue weighted by Gasteiger charge is 2.21. The Labute approximate surface area is 180 Å². The smallest absolute Gasteiger partial charge is 0.146 e. The molecule has 0 aliphatic rings. The maximum atomic E-state index is 9.89. The Bertz CT molecular complexity index is 1280. The van der Waals surface area contributed by atoms with Gasteiger partial charge in [-0.25, -0.2) is 9.97 Å². The molecule has 3 N–H and O–H groups in total. The van der Waals surface area contributed by atoms with Crippen LogP contribution in [0.25, 0.3) is 33.8 Å². The number of fused-ring (bicyclic) bond motifs is 1. The van der Waals surface area contributed by atoms with Gasteiger partial charge in [0.05, 0.1) is 22.7 Å². The Morgan fingerprint density at radius 1 is 1.16 bits per heavy atom. The summed E-state index contributed by atoms with van der Waals surface area (Å²) in [4.78, 5) is 12.7. The third-order valence-electron chi connectivity index (χ3n) is 5.18. The highest BCUT2D eigenvalue weighted by Crippen LogP contribution is 2.38. The van der Waals surface area contributed by atoms with E-state index in [0.717, 1.165) is 33.3 Å². The summed E-state index contributed by atoms with van der Waals surface area (Å²) in [6, 6.07) is 14.0. The van der Waals surface area contributed by atoms with Gasteiger partial charge < -0.3 is 15.4 Å². The van der Waals surface area contributed by atoms with Gasteiger partial charge in [-0.05, 0) is 42.7 Å². The van der Waals surface area contributed by atoms with Crippen LogP contribution < -0.4 is 5.73 Å². The van der Waals surface area contributed by atoms with Crippen molar-refractivity contribution in [2.75, 3.05) is 12.3 Å². The van der Waals surface area contributed by atoms with E-state index in [9.17, 15) is 10.4 Å². The second-order valence-electron chi connectivity index (χ2n) is 7.22. The highest BCUT2D eigenvalue weighted by atomic mass is 16.3. The molecular formula is C24H22N6O. The summed E-state index contributed by atoms with van der Waals surface area (Å²) in [7, 11) is 0. The number of hydrogen-bond donors (Lipinski definition) is 2. The number of allylic oxidation sites excluding steroid dienone is 1. The number of aromatic nitrogens is 4. The minimum Gasteiger partial charge on any atom is -0.396 e. The zero-order chi connectivity index (χ0) is 21.8.